The Balaban J connectivity index is 1.54. The molecule has 2 aromatic rings. The lowest BCUT2D eigenvalue weighted by molar-refractivity contribution is 0.0315. The van der Waals surface area contributed by atoms with E-state index in [9.17, 15) is 0 Å². The Bertz CT molecular complexity index is 612. The van der Waals surface area contributed by atoms with E-state index in [1.807, 2.05) is 24.3 Å². The van der Waals surface area contributed by atoms with Crippen LogP contribution in [0.2, 0.25) is 5.02 Å². The monoisotopic (exact) mass is 331 g/mol. The van der Waals surface area contributed by atoms with Crippen LogP contribution in [-0.4, -0.2) is 26.3 Å². The Labute approximate surface area is 142 Å². The van der Waals surface area contributed by atoms with Gasteiger partial charge in [0.2, 0.25) is 0 Å². The molecule has 0 N–H and O–H groups in total. The second kappa shape index (κ2) is 7.71. The molecule has 1 saturated heterocycles. The fraction of sp³-hybridized carbons (Fsp3) is 0.368. The average Bonchev–Trinajstić information content (AvgIpc) is 2.61. The molecule has 23 heavy (non-hydrogen) atoms. The van der Waals surface area contributed by atoms with E-state index in [0.717, 1.165) is 36.7 Å². The third-order valence-electron chi connectivity index (χ3n) is 4.21. The maximum Gasteiger partial charge on any atom is 0.118 e. The molecule has 0 aliphatic carbocycles. The highest BCUT2D eigenvalue weighted by Gasteiger charge is 2.20. The van der Waals surface area contributed by atoms with Crippen molar-refractivity contribution in [2.24, 2.45) is 0 Å². The van der Waals surface area contributed by atoms with Gasteiger partial charge in [-0.1, -0.05) is 23.7 Å². The van der Waals surface area contributed by atoms with Crippen molar-refractivity contribution in [3.05, 3.63) is 59.1 Å². The van der Waals surface area contributed by atoms with Gasteiger partial charge in [0, 0.05) is 23.8 Å². The van der Waals surface area contributed by atoms with E-state index in [2.05, 4.69) is 29.2 Å². The summed E-state index contributed by atoms with van der Waals surface area (Å²) in [5.41, 5.74) is 2.39. The lowest BCUT2D eigenvalue weighted by atomic mass is 10.1. The number of nitrogens with zero attached hydrogens (tertiary/aromatic N) is 1. The topological polar surface area (TPSA) is 21.7 Å². The molecule has 0 radical (unpaired) electrons. The first-order valence-corrected chi connectivity index (χ1v) is 8.37. The molecule has 1 atom stereocenters. The summed E-state index contributed by atoms with van der Waals surface area (Å²) in [6, 6.07) is 16.1. The normalized spacial score (nSPS) is 18.0. The first kappa shape index (κ1) is 16.2. The van der Waals surface area contributed by atoms with Gasteiger partial charge in [-0.25, -0.2) is 0 Å². The van der Waals surface area contributed by atoms with Gasteiger partial charge in [-0.05, 0) is 54.8 Å². The number of benzene rings is 2. The van der Waals surface area contributed by atoms with Crippen LogP contribution in [-0.2, 0) is 11.3 Å². The highest BCUT2D eigenvalue weighted by atomic mass is 35.5. The zero-order valence-corrected chi connectivity index (χ0v) is 14.1. The summed E-state index contributed by atoms with van der Waals surface area (Å²) in [5, 5.41) is 0.776. The van der Waals surface area contributed by atoms with Crippen LogP contribution < -0.4 is 9.64 Å². The van der Waals surface area contributed by atoms with Crippen LogP contribution in [0, 0.1) is 0 Å². The molecule has 1 unspecified atom stereocenters. The summed E-state index contributed by atoms with van der Waals surface area (Å²) in [7, 11) is 1.68. The zero-order valence-electron chi connectivity index (χ0n) is 13.4. The van der Waals surface area contributed by atoms with Crippen LogP contribution in [0.1, 0.15) is 18.4 Å². The van der Waals surface area contributed by atoms with Crippen LogP contribution in [0.25, 0.3) is 0 Å². The molecule has 3 rings (SSSR count). The maximum atomic E-state index is 6.11. The quantitative estimate of drug-likeness (QED) is 0.803. The van der Waals surface area contributed by atoms with E-state index in [-0.39, 0.29) is 6.10 Å². The number of hydrogen-bond donors (Lipinski definition) is 0. The summed E-state index contributed by atoms with van der Waals surface area (Å²) in [6.07, 6.45) is 2.53. The van der Waals surface area contributed by atoms with Crippen LogP contribution in [0.15, 0.2) is 48.5 Å². The predicted molar refractivity (Wildman–Crippen MR) is 94.5 cm³/mol. The molecule has 1 heterocycles. The second-order valence-corrected chi connectivity index (χ2v) is 6.28. The first-order valence-electron chi connectivity index (χ1n) is 7.99. The van der Waals surface area contributed by atoms with Crippen molar-refractivity contribution in [2.45, 2.75) is 25.6 Å². The van der Waals surface area contributed by atoms with E-state index in [1.165, 1.54) is 11.3 Å². The van der Waals surface area contributed by atoms with Crippen LogP contribution in [0.3, 0.4) is 0 Å². The summed E-state index contributed by atoms with van der Waals surface area (Å²) < 4.78 is 11.3. The molecule has 0 bridgehead atoms. The van der Waals surface area contributed by atoms with E-state index >= 15 is 0 Å². The van der Waals surface area contributed by atoms with Crippen molar-refractivity contribution in [2.75, 3.05) is 25.1 Å². The number of ether oxygens (including phenoxy) is 2. The van der Waals surface area contributed by atoms with Crippen LogP contribution in [0.5, 0.6) is 5.75 Å². The zero-order chi connectivity index (χ0) is 16.1. The molecule has 0 amide bonds. The molecule has 1 fully saturated rings. The Morgan fingerprint density at radius 2 is 1.83 bits per heavy atom. The number of rotatable bonds is 5. The molecule has 122 valence electrons. The molecule has 0 spiro atoms. The molecule has 0 saturated carbocycles. The summed E-state index contributed by atoms with van der Waals surface area (Å²) in [6.45, 7) is 2.64. The molecule has 4 heteroatoms. The fourth-order valence-corrected chi connectivity index (χ4v) is 3.02. The minimum absolute atomic E-state index is 0.265. The third kappa shape index (κ3) is 4.40. The second-order valence-electron chi connectivity index (χ2n) is 5.85. The van der Waals surface area contributed by atoms with Crippen molar-refractivity contribution in [3.63, 3.8) is 0 Å². The third-order valence-corrected chi connectivity index (χ3v) is 4.47. The molecule has 0 aromatic heterocycles. The van der Waals surface area contributed by atoms with Gasteiger partial charge in [0.05, 0.1) is 19.8 Å². The standard InChI is InChI=1S/C19H22ClNO2/c1-22-18-10-4-15(5-11-18)14-23-19-3-2-12-21(13-19)17-8-6-16(20)7-9-17/h4-11,19H,2-3,12-14H2,1H3. The minimum atomic E-state index is 0.265. The smallest absolute Gasteiger partial charge is 0.118 e. The number of halogens is 1. The van der Waals surface area contributed by atoms with Gasteiger partial charge in [-0.3, -0.25) is 0 Å². The van der Waals surface area contributed by atoms with Gasteiger partial charge < -0.3 is 14.4 Å². The molecule has 3 nitrogen and oxygen atoms in total. The highest BCUT2D eigenvalue weighted by Crippen LogP contribution is 2.23. The molecular weight excluding hydrogens is 310 g/mol. The Kier molecular flexibility index (Phi) is 5.42. The predicted octanol–water partition coefficient (Wildman–Crippen LogP) is 4.53. The van der Waals surface area contributed by atoms with Crippen LogP contribution >= 0.6 is 11.6 Å². The molecular formula is C19H22ClNO2. The van der Waals surface area contributed by atoms with E-state index in [4.69, 9.17) is 21.1 Å². The van der Waals surface area contributed by atoms with Gasteiger partial charge in [0.1, 0.15) is 5.75 Å². The molecule has 2 aromatic carbocycles. The SMILES string of the molecule is COc1ccc(COC2CCCN(c3ccc(Cl)cc3)C2)cc1. The molecule has 1 aliphatic rings. The Hall–Kier alpha value is -1.71. The lowest BCUT2D eigenvalue weighted by Gasteiger charge is -2.34. The van der Waals surface area contributed by atoms with Gasteiger partial charge in [-0.15, -0.1) is 0 Å². The summed E-state index contributed by atoms with van der Waals surface area (Å²) >= 11 is 5.97. The van der Waals surface area contributed by atoms with E-state index < -0.39 is 0 Å². The number of methoxy groups -OCH3 is 1. The van der Waals surface area contributed by atoms with Gasteiger partial charge >= 0.3 is 0 Å². The Morgan fingerprint density at radius 1 is 1.09 bits per heavy atom. The average molecular weight is 332 g/mol. The lowest BCUT2D eigenvalue weighted by Crippen LogP contribution is -2.39. The van der Waals surface area contributed by atoms with Crippen molar-refractivity contribution < 1.29 is 9.47 Å². The fourth-order valence-electron chi connectivity index (χ4n) is 2.90. The van der Waals surface area contributed by atoms with Crippen molar-refractivity contribution >= 4 is 17.3 Å². The summed E-state index contributed by atoms with van der Waals surface area (Å²) in [4.78, 5) is 2.37. The van der Waals surface area contributed by atoms with Crippen LogP contribution in [0.4, 0.5) is 5.69 Å². The maximum absolute atomic E-state index is 6.11. The number of anilines is 1. The van der Waals surface area contributed by atoms with Gasteiger partial charge in [0.25, 0.3) is 0 Å². The first-order chi connectivity index (χ1) is 11.2. The van der Waals surface area contributed by atoms with E-state index in [0.29, 0.717) is 6.61 Å². The Morgan fingerprint density at radius 3 is 2.52 bits per heavy atom. The summed E-state index contributed by atoms with van der Waals surface area (Å²) in [5.74, 6) is 0.875. The number of piperidine rings is 1. The largest absolute Gasteiger partial charge is 0.497 e. The van der Waals surface area contributed by atoms with Crippen molar-refractivity contribution in [1.29, 1.82) is 0 Å². The van der Waals surface area contributed by atoms with Crippen molar-refractivity contribution in [1.82, 2.24) is 0 Å². The minimum Gasteiger partial charge on any atom is -0.497 e. The van der Waals surface area contributed by atoms with E-state index in [1.54, 1.807) is 7.11 Å². The van der Waals surface area contributed by atoms with Gasteiger partial charge in [-0.2, -0.15) is 0 Å². The highest BCUT2D eigenvalue weighted by molar-refractivity contribution is 6.30. The number of hydrogen-bond acceptors (Lipinski definition) is 3. The van der Waals surface area contributed by atoms with Crippen molar-refractivity contribution in [3.8, 4) is 5.75 Å². The molecule has 1 aliphatic heterocycles. The van der Waals surface area contributed by atoms with Gasteiger partial charge in [0.15, 0.2) is 0 Å².